The van der Waals surface area contributed by atoms with Gasteiger partial charge in [-0.15, -0.1) is 0 Å². The van der Waals surface area contributed by atoms with Gasteiger partial charge in [-0.2, -0.15) is 0 Å². The van der Waals surface area contributed by atoms with E-state index in [1.807, 2.05) is 0 Å². The summed E-state index contributed by atoms with van der Waals surface area (Å²) in [7, 11) is 0. The van der Waals surface area contributed by atoms with Crippen molar-refractivity contribution < 1.29 is 0 Å². The summed E-state index contributed by atoms with van der Waals surface area (Å²) in [5.74, 6) is 0. The molecule has 5 heavy (non-hydrogen) atoms. The summed E-state index contributed by atoms with van der Waals surface area (Å²) in [6.45, 7) is 0. The van der Waals surface area contributed by atoms with Gasteiger partial charge in [0.2, 0.25) is 0 Å². The van der Waals surface area contributed by atoms with E-state index in [9.17, 15) is 0 Å². The average molecular weight is 125 g/mol. The molecule has 0 aromatic rings. The monoisotopic (exact) mass is 124 g/mol. The van der Waals surface area contributed by atoms with Crippen LogP contribution in [0.1, 0.15) is 12.8 Å². The molecule has 0 fully saturated rings. The molecule has 1 aliphatic rings. The molecular formula is C4H7Ga. The van der Waals surface area contributed by atoms with E-state index in [0.29, 0.717) is 17.0 Å². The maximum absolute atomic E-state index is 2.52. The third-order valence-electron chi connectivity index (χ3n) is 0.908. The fraction of sp³-hybridized carbons (Fsp3) is 0.750. The van der Waals surface area contributed by atoms with Crippen LogP contribution in [0.2, 0.25) is 4.98 Å². The third-order valence-corrected chi connectivity index (χ3v) is 3.86. The Labute approximate surface area is 39.9 Å². The van der Waals surface area contributed by atoms with Crippen LogP contribution in [0, 0.1) is 0 Å². The fourth-order valence-corrected chi connectivity index (χ4v) is 3.06. The van der Waals surface area contributed by atoms with Crippen LogP contribution in [0.4, 0.5) is 0 Å². The minimum absolute atomic E-state index is 0.299. The van der Waals surface area contributed by atoms with Gasteiger partial charge in [0.25, 0.3) is 0 Å². The van der Waals surface area contributed by atoms with E-state index in [0.717, 1.165) is 0 Å². The summed E-state index contributed by atoms with van der Waals surface area (Å²) in [6, 6.07) is 0. The summed E-state index contributed by atoms with van der Waals surface area (Å²) >= 11 is 0.299. The molecule has 0 saturated heterocycles. The van der Waals surface area contributed by atoms with Crippen molar-refractivity contribution in [2.75, 3.05) is 0 Å². The summed E-state index contributed by atoms with van der Waals surface area (Å²) in [6.07, 6.45) is 2.96. The molecule has 0 aromatic heterocycles. The van der Waals surface area contributed by atoms with Crippen molar-refractivity contribution >= 4 is 21.5 Å². The molecule has 0 aliphatic carbocycles. The van der Waals surface area contributed by atoms with Crippen LogP contribution in [0.5, 0.6) is 0 Å². The predicted molar refractivity (Wildman–Crippen MR) is 25.9 cm³/mol. The SMILES string of the molecule is [CH]1=[Ga][CH2]CC1. The average Bonchev–Trinajstić information content (AvgIpc) is 1.76. The molecule has 1 heteroatoms. The summed E-state index contributed by atoms with van der Waals surface area (Å²) < 4.78 is 2.52. The molecule has 0 atom stereocenters. The molecule has 0 saturated carbocycles. The van der Waals surface area contributed by atoms with E-state index in [-0.39, 0.29) is 0 Å². The van der Waals surface area contributed by atoms with Crippen molar-refractivity contribution in [1.29, 1.82) is 0 Å². The molecule has 0 amide bonds. The summed E-state index contributed by atoms with van der Waals surface area (Å²) in [4.78, 5) is 1.60. The molecule has 0 unspecified atom stereocenters. The van der Waals surface area contributed by atoms with E-state index >= 15 is 0 Å². The van der Waals surface area contributed by atoms with Crippen molar-refractivity contribution in [1.82, 2.24) is 0 Å². The van der Waals surface area contributed by atoms with Gasteiger partial charge in [0.15, 0.2) is 0 Å². The molecule has 1 aliphatic heterocycles. The van der Waals surface area contributed by atoms with E-state index in [1.165, 1.54) is 12.8 Å². The van der Waals surface area contributed by atoms with Gasteiger partial charge in [0, 0.05) is 0 Å². The zero-order valence-corrected chi connectivity index (χ0v) is 5.70. The Bertz CT molecular complexity index is 41.6. The molecule has 0 radical (unpaired) electrons. The van der Waals surface area contributed by atoms with Crippen LogP contribution in [0.25, 0.3) is 0 Å². The Balaban J connectivity index is 2.32. The van der Waals surface area contributed by atoms with Crippen molar-refractivity contribution in [3.8, 4) is 0 Å². The van der Waals surface area contributed by atoms with Gasteiger partial charge in [-0.1, -0.05) is 0 Å². The van der Waals surface area contributed by atoms with Crippen LogP contribution in [-0.2, 0) is 0 Å². The predicted octanol–water partition coefficient (Wildman–Crippen LogP) is 0.705. The van der Waals surface area contributed by atoms with Gasteiger partial charge < -0.3 is 0 Å². The van der Waals surface area contributed by atoms with Gasteiger partial charge in [0.05, 0.1) is 0 Å². The van der Waals surface area contributed by atoms with Gasteiger partial charge in [0.1, 0.15) is 0 Å². The fourth-order valence-electron chi connectivity index (χ4n) is 0.589. The first-order valence-electron chi connectivity index (χ1n) is 2.15. The molecule has 1 heterocycles. The molecule has 0 spiro atoms. The van der Waals surface area contributed by atoms with Crippen LogP contribution in [0.15, 0.2) is 0 Å². The van der Waals surface area contributed by atoms with E-state index in [4.69, 9.17) is 0 Å². The maximum atomic E-state index is 2.52. The van der Waals surface area contributed by atoms with Crippen molar-refractivity contribution in [3.63, 3.8) is 0 Å². The molecule has 0 N–H and O–H groups in total. The Morgan fingerprint density at radius 3 is 2.80 bits per heavy atom. The van der Waals surface area contributed by atoms with Gasteiger partial charge in [-0.05, 0) is 0 Å². The molecular weight excluding hydrogens is 118 g/mol. The second-order valence-corrected chi connectivity index (χ2v) is 4.59. The molecule has 1 rings (SSSR count). The van der Waals surface area contributed by atoms with Crippen LogP contribution < -0.4 is 0 Å². The van der Waals surface area contributed by atoms with E-state index in [1.54, 1.807) is 4.98 Å². The first-order valence-corrected chi connectivity index (χ1v) is 5.26. The van der Waals surface area contributed by atoms with Crippen molar-refractivity contribution in [2.24, 2.45) is 0 Å². The third kappa shape index (κ3) is 0.934. The van der Waals surface area contributed by atoms with Gasteiger partial charge >= 0.3 is 39.3 Å². The van der Waals surface area contributed by atoms with Crippen molar-refractivity contribution in [3.05, 3.63) is 0 Å². The van der Waals surface area contributed by atoms with Crippen LogP contribution >= 0.6 is 0 Å². The number of rotatable bonds is 0. The Hall–Kier alpha value is 0.506. The first-order chi connectivity index (χ1) is 2.50. The normalized spacial score (nSPS) is 19.2. The second-order valence-electron chi connectivity index (χ2n) is 1.40. The first kappa shape index (κ1) is 3.69. The molecule has 0 aromatic carbocycles. The topological polar surface area (TPSA) is 0 Å². The Morgan fingerprint density at radius 1 is 1.60 bits per heavy atom. The van der Waals surface area contributed by atoms with Crippen LogP contribution in [-0.4, -0.2) is 21.5 Å². The Kier molecular flexibility index (Phi) is 1.35. The number of hydrogen-bond acceptors (Lipinski definition) is 0. The van der Waals surface area contributed by atoms with E-state index < -0.39 is 0 Å². The molecule has 0 bridgehead atoms. The zero-order valence-electron chi connectivity index (χ0n) is 3.28. The van der Waals surface area contributed by atoms with Crippen molar-refractivity contribution in [2.45, 2.75) is 17.8 Å². The zero-order chi connectivity index (χ0) is 3.54. The van der Waals surface area contributed by atoms with Crippen LogP contribution in [0.3, 0.4) is 0 Å². The molecule has 26 valence electrons. The summed E-state index contributed by atoms with van der Waals surface area (Å²) in [5.41, 5.74) is 0. The summed E-state index contributed by atoms with van der Waals surface area (Å²) in [5, 5.41) is 0. The minimum atomic E-state index is 0.299. The Morgan fingerprint density at radius 2 is 2.60 bits per heavy atom. The standard InChI is InChI=1S/C4H7.Ga/c1-3-4-2;/h1H,2-4H2;. The molecule has 0 nitrogen and oxygen atoms in total. The van der Waals surface area contributed by atoms with Gasteiger partial charge in [-0.25, -0.2) is 0 Å². The van der Waals surface area contributed by atoms with E-state index in [2.05, 4.69) is 4.57 Å². The quantitative estimate of drug-likeness (QED) is 0.418. The van der Waals surface area contributed by atoms with Gasteiger partial charge in [-0.3, -0.25) is 0 Å². The number of hydrogen-bond donors (Lipinski definition) is 0. The second kappa shape index (κ2) is 1.83.